The monoisotopic (exact) mass is 257 g/mol. The van der Waals surface area contributed by atoms with Crippen molar-refractivity contribution in [1.29, 1.82) is 0 Å². The van der Waals surface area contributed by atoms with Gasteiger partial charge < -0.3 is 5.43 Å². The molecule has 0 fully saturated rings. The summed E-state index contributed by atoms with van der Waals surface area (Å²) in [5.74, 6) is 5.83. The minimum Gasteiger partial charge on any atom is -0.308 e. The second-order valence-electron chi connectivity index (χ2n) is 3.90. The largest absolute Gasteiger partial charge is 0.350 e. The molecule has 0 aliphatic carbocycles. The second kappa shape index (κ2) is 4.50. The molecule has 3 N–H and O–H groups in total. The first kappa shape index (κ1) is 11.4. The number of pyridine rings is 1. The van der Waals surface area contributed by atoms with Gasteiger partial charge in [-0.2, -0.15) is 0 Å². The summed E-state index contributed by atoms with van der Waals surface area (Å²) in [5, 5.41) is 4.18. The molecule has 0 bridgehead atoms. The van der Waals surface area contributed by atoms with Crippen molar-refractivity contribution in [2.24, 2.45) is 5.84 Å². The van der Waals surface area contributed by atoms with Gasteiger partial charge >= 0.3 is 5.69 Å². The van der Waals surface area contributed by atoms with Crippen molar-refractivity contribution >= 4 is 11.5 Å². The van der Waals surface area contributed by atoms with Gasteiger partial charge in [0.25, 0.3) is 0 Å². The van der Waals surface area contributed by atoms with Gasteiger partial charge in [-0.3, -0.25) is 4.98 Å². The van der Waals surface area contributed by atoms with Crippen molar-refractivity contribution in [3.05, 3.63) is 53.0 Å². The summed E-state index contributed by atoms with van der Waals surface area (Å²) in [5.41, 5.74) is 3.42. The standard InChI is InChI=1S/C11H11N7O/c12-15-9-3-1-2-8(14-9)7-18-11(19)17-5-4-13-6-10(17)16-18/h1-6H,7,12H2,(H,14,15). The highest BCUT2D eigenvalue weighted by Crippen LogP contribution is 2.04. The van der Waals surface area contributed by atoms with Gasteiger partial charge in [0.2, 0.25) is 0 Å². The summed E-state index contributed by atoms with van der Waals surface area (Å²) in [7, 11) is 0. The van der Waals surface area contributed by atoms with Crippen molar-refractivity contribution in [2.75, 3.05) is 5.43 Å². The zero-order valence-corrected chi connectivity index (χ0v) is 9.89. The highest BCUT2D eigenvalue weighted by atomic mass is 16.2. The van der Waals surface area contributed by atoms with Gasteiger partial charge in [0.15, 0.2) is 5.65 Å². The maximum Gasteiger partial charge on any atom is 0.350 e. The van der Waals surface area contributed by atoms with Crippen LogP contribution in [0.2, 0.25) is 0 Å². The Bertz CT molecular complexity index is 776. The minimum absolute atomic E-state index is 0.231. The molecule has 0 unspecified atom stereocenters. The number of hydrazine groups is 1. The number of anilines is 1. The molecule has 0 saturated carbocycles. The Labute approximate surface area is 107 Å². The maximum atomic E-state index is 12.1. The Morgan fingerprint density at radius 1 is 1.37 bits per heavy atom. The summed E-state index contributed by atoms with van der Waals surface area (Å²) in [4.78, 5) is 20.2. The van der Waals surface area contributed by atoms with Crippen molar-refractivity contribution < 1.29 is 0 Å². The Balaban J connectivity index is 2.01. The molecule has 8 heteroatoms. The van der Waals surface area contributed by atoms with Crippen LogP contribution in [0.5, 0.6) is 0 Å². The molecule has 8 nitrogen and oxygen atoms in total. The first-order valence-electron chi connectivity index (χ1n) is 5.59. The molecule has 0 aromatic carbocycles. The number of aromatic nitrogens is 5. The Morgan fingerprint density at radius 2 is 2.26 bits per heavy atom. The van der Waals surface area contributed by atoms with E-state index in [1.165, 1.54) is 21.5 Å². The molecule has 0 aliphatic heterocycles. The van der Waals surface area contributed by atoms with Crippen molar-refractivity contribution in [1.82, 2.24) is 24.1 Å². The van der Waals surface area contributed by atoms with E-state index < -0.39 is 0 Å². The smallest absolute Gasteiger partial charge is 0.308 e. The van der Waals surface area contributed by atoms with Gasteiger partial charge in [-0.05, 0) is 12.1 Å². The summed E-state index contributed by atoms with van der Waals surface area (Å²) in [6.07, 6.45) is 4.65. The van der Waals surface area contributed by atoms with Crippen molar-refractivity contribution in [2.45, 2.75) is 6.54 Å². The number of fused-ring (bicyclic) bond motifs is 1. The van der Waals surface area contributed by atoms with Gasteiger partial charge in [-0.1, -0.05) is 6.07 Å². The van der Waals surface area contributed by atoms with Gasteiger partial charge in [0, 0.05) is 12.4 Å². The number of rotatable bonds is 3. The molecule has 0 amide bonds. The lowest BCUT2D eigenvalue weighted by molar-refractivity contribution is 0.647. The second-order valence-corrected chi connectivity index (χ2v) is 3.90. The third kappa shape index (κ3) is 2.04. The van der Waals surface area contributed by atoms with Crippen LogP contribution in [0.25, 0.3) is 5.65 Å². The predicted octanol–water partition coefficient (Wildman–Crippen LogP) is -0.380. The number of hydrogen-bond acceptors (Lipinski definition) is 6. The lowest BCUT2D eigenvalue weighted by Gasteiger charge is -2.02. The minimum atomic E-state index is -0.231. The van der Waals surface area contributed by atoms with E-state index in [0.717, 1.165) is 0 Å². The lowest BCUT2D eigenvalue weighted by Crippen LogP contribution is -2.22. The van der Waals surface area contributed by atoms with Crippen LogP contribution in [0.15, 0.2) is 41.6 Å². The third-order valence-electron chi connectivity index (χ3n) is 2.66. The number of nitrogens with two attached hydrogens (primary N) is 1. The Kier molecular flexibility index (Phi) is 2.69. The van der Waals surface area contributed by atoms with Crippen LogP contribution in [0, 0.1) is 0 Å². The fourth-order valence-electron chi connectivity index (χ4n) is 1.78. The molecule has 3 rings (SSSR count). The average molecular weight is 257 g/mol. The van der Waals surface area contributed by atoms with Gasteiger partial charge in [0.05, 0.1) is 18.4 Å². The third-order valence-corrected chi connectivity index (χ3v) is 2.66. The first-order chi connectivity index (χ1) is 9.28. The fraction of sp³-hybridized carbons (Fsp3) is 0.0909. The fourth-order valence-corrected chi connectivity index (χ4v) is 1.78. The maximum absolute atomic E-state index is 12.1. The van der Waals surface area contributed by atoms with E-state index in [4.69, 9.17) is 5.84 Å². The van der Waals surface area contributed by atoms with Gasteiger partial charge in [-0.25, -0.2) is 24.7 Å². The van der Waals surface area contributed by atoms with E-state index in [9.17, 15) is 4.79 Å². The first-order valence-corrected chi connectivity index (χ1v) is 5.59. The molecular formula is C11H11N7O. The average Bonchev–Trinajstić information content (AvgIpc) is 2.76. The van der Waals surface area contributed by atoms with E-state index in [0.29, 0.717) is 17.2 Å². The van der Waals surface area contributed by atoms with E-state index in [-0.39, 0.29) is 12.2 Å². The van der Waals surface area contributed by atoms with Crippen LogP contribution in [0.4, 0.5) is 5.82 Å². The van der Waals surface area contributed by atoms with E-state index in [1.807, 2.05) is 0 Å². The van der Waals surface area contributed by atoms with Crippen LogP contribution >= 0.6 is 0 Å². The molecule has 3 aromatic rings. The molecule has 0 atom stereocenters. The molecule has 96 valence electrons. The summed E-state index contributed by atoms with van der Waals surface area (Å²) in [6.45, 7) is 0.274. The molecule has 19 heavy (non-hydrogen) atoms. The molecule has 3 aromatic heterocycles. The van der Waals surface area contributed by atoms with Crippen LogP contribution < -0.4 is 17.0 Å². The molecule has 0 radical (unpaired) electrons. The summed E-state index contributed by atoms with van der Waals surface area (Å²) in [6, 6.07) is 5.34. The topological polar surface area (TPSA) is 103 Å². The van der Waals surface area contributed by atoms with Gasteiger partial charge in [0.1, 0.15) is 5.82 Å². The lowest BCUT2D eigenvalue weighted by atomic mass is 10.3. The number of hydrogen-bond donors (Lipinski definition) is 2. The van der Waals surface area contributed by atoms with E-state index in [2.05, 4.69) is 20.5 Å². The quantitative estimate of drug-likeness (QED) is 0.489. The van der Waals surface area contributed by atoms with E-state index in [1.54, 1.807) is 24.4 Å². The molecule has 0 spiro atoms. The zero-order chi connectivity index (χ0) is 13.2. The molecule has 0 saturated heterocycles. The zero-order valence-electron chi connectivity index (χ0n) is 9.89. The van der Waals surface area contributed by atoms with Gasteiger partial charge in [-0.15, -0.1) is 5.10 Å². The van der Waals surface area contributed by atoms with Crippen LogP contribution in [-0.4, -0.2) is 24.1 Å². The van der Waals surface area contributed by atoms with Crippen LogP contribution in [0.3, 0.4) is 0 Å². The van der Waals surface area contributed by atoms with E-state index >= 15 is 0 Å². The molecular weight excluding hydrogens is 246 g/mol. The van der Waals surface area contributed by atoms with Crippen LogP contribution in [0.1, 0.15) is 5.69 Å². The number of nitrogens with zero attached hydrogens (tertiary/aromatic N) is 5. The number of nitrogen functional groups attached to an aromatic ring is 1. The predicted molar refractivity (Wildman–Crippen MR) is 68.4 cm³/mol. The Hall–Kier alpha value is -2.74. The Morgan fingerprint density at radius 3 is 3.05 bits per heavy atom. The summed E-state index contributed by atoms with van der Waals surface area (Å²) >= 11 is 0. The molecule has 0 aliphatic rings. The highest BCUT2D eigenvalue weighted by Gasteiger charge is 2.07. The van der Waals surface area contributed by atoms with Crippen LogP contribution in [-0.2, 0) is 6.54 Å². The SMILES string of the molecule is NNc1cccc(Cn2nc3cnccn3c2=O)n1. The number of nitrogens with one attached hydrogen (secondary N) is 1. The highest BCUT2D eigenvalue weighted by molar-refractivity contribution is 5.34. The molecule has 3 heterocycles. The summed E-state index contributed by atoms with van der Waals surface area (Å²) < 4.78 is 2.76. The normalized spacial score (nSPS) is 10.8. The van der Waals surface area contributed by atoms with Crippen molar-refractivity contribution in [3.8, 4) is 0 Å². The van der Waals surface area contributed by atoms with Crippen molar-refractivity contribution in [3.63, 3.8) is 0 Å².